The Bertz CT molecular complexity index is 318. The van der Waals surface area contributed by atoms with E-state index in [1.54, 1.807) is 9.80 Å². The van der Waals surface area contributed by atoms with Gasteiger partial charge in [0.1, 0.15) is 5.60 Å². The molecule has 3 amide bonds. The third-order valence-corrected chi connectivity index (χ3v) is 2.74. The fourth-order valence-electron chi connectivity index (χ4n) is 1.76. The van der Waals surface area contributed by atoms with Crippen LogP contribution in [0, 0.1) is 0 Å². The lowest BCUT2D eigenvalue weighted by Gasteiger charge is -2.35. The van der Waals surface area contributed by atoms with Crippen LogP contribution in [0.4, 0.5) is 9.59 Å². The molecule has 0 saturated carbocycles. The van der Waals surface area contributed by atoms with E-state index in [0.29, 0.717) is 32.7 Å². The lowest BCUT2D eigenvalue weighted by Crippen LogP contribution is -2.53. The van der Waals surface area contributed by atoms with Gasteiger partial charge in [-0.3, -0.25) is 0 Å². The molecule has 19 heavy (non-hydrogen) atoms. The first-order valence-electron chi connectivity index (χ1n) is 6.84. The van der Waals surface area contributed by atoms with Gasteiger partial charge in [-0.1, -0.05) is 6.92 Å². The zero-order valence-corrected chi connectivity index (χ0v) is 12.4. The van der Waals surface area contributed by atoms with Gasteiger partial charge >= 0.3 is 12.1 Å². The zero-order chi connectivity index (χ0) is 14.5. The Balaban J connectivity index is 2.36. The van der Waals surface area contributed by atoms with Crippen LogP contribution in [0.2, 0.25) is 0 Å². The summed E-state index contributed by atoms with van der Waals surface area (Å²) in [6, 6.07) is -0.0503. The van der Waals surface area contributed by atoms with Gasteiger partial charge in [-0.15, -0.1) is 0 Å². The molecule has 1 rings (SSSR count). The van der Waals surface area contributed by atoms with Crippen LogP contribution in [0.5, 0.6) is 0 Å². The van der Waals surface area contributed by atoms with Gasteiger partial charge < -0.3 is 19.9 Å². The number of hydrogen-bond donors (Lipinski definition) is 1. The Hall–Kier alpha value is -1.46. The number of carbonyl (C=O) groups excluding carboxylic acids is 2. The molecule has 1 saturated heterocycles. The topological polar surface area (TPSA) is 61.9 Å². The maximum atomic E-state index is 11.8. The summed E-state index contributed by atoms with van der Waals surface area (Å²) in [6.07, 6.45) is 0.616. The van der Waals surface area contributed by atoms with Crippen molar-refractivity contribution in [3.8, 4) is 0 Å². The largest absolute Gasteiger partial charge is 0.444 e. The second-order valence-electron chi connectivity index (χ2n) is 5.69. The Morgan fingerprint density at radius 3 is 2.11 bits per heavy atom. The normalized spacial score (nSPS) is 16.2. The molecule has 1 aliphatic rings. The molecular formula is C13H25N3O3. The third kappa shape index (κ3) is 5.36. The lowest BCUT2D eigenvalue weighted by atomic mass is 10.2. The molecule has 6 nitrogen and oxygen atoms in total. The van der Waals surface area contributed by atoms with Gasteiger partial charge in [-0.25, -0.2) is 9.59 Å². The molecule has 0 spiro atoms. The SMILES string of the molecule is CCCNC(=O)N1CCN(C(=O)OC(C)(C)C)CC1. The smallest absolute Gasteiger partial charge is 0.410 e. The Morgan fingerprint density at radius 1 is 1.11 bits per heavy atom. The summed E-state index contributed by atoms with van der Waals surface area (Å²) in [4.78, 5) is 27.0. The third-order valence-electron chi connectivity index (χ3n) is 2.74. The summed E-state index contributed by atoms with van der Waals surface area (Å²) < 4.78 is 5.31. The summed E-state index contributed by atoms with van der Waals surface area (Å²) in [5.41, 5.74) is -0.479. The van der Waals surface area contributed by atoms with Crippen molar-refractivity contribution in [1.29, 1.82) is 0 Å². The standard InChI is InChI=1S/C13H25N3O3/c1-5-6-14-11(17)15-7-9-16(10-8-15)12(18)19-13(2,3)4/h5-10H2,1-4H3,(H,14,17). The molecule has 0 unspecified atom stereocenters. The van der Waals surface area contributed by atoms with E-state index in [0.717, 1.165) is 6.42 Å². The highest BCUT2D eigenvalue weighted by atomic mass is 16.6. The molecule has 1 aliphatic heterocycles. The molecular weight excluding hydrogens is 246 g/mol. The number of amides is 3. The second kappa shape index (κ2) is 6.63. The molecule has 0 aliphatic carbocycles. The maximum absolute atomic E-state index is 11.8. The maximum Gasteiger partial charge on any atom is 0.410 e. The van der Waals surface area contributed by atoms with Crippen LogP contribution in [-0.2, 0) is 4.74 Å². The number of nitrogens with zero attached hydrogens (tertiary/aromatic N) is 2. The minimum Gasteiger partial charge on any atom is -0.444 e. The molecule has 0 aromatic carbocycles. The molecule has 1 N–H and O–H groups in total. The van der Waals surface area contributed by atoms with Crippen LogP contribution in [-0.4, -0.2) is 60.2 Å². The number of piperazine rings is 1. The molecule has 1 fully saturated rings. The summed E-state index contributed by atoms with van der Waals surface area (Å²) in [7, 11) is 0. The minimum absolute atomic E-state index is 0.0503. The van der Waals surface area contributed by atoms with E-state index in [9.17, 15) is 9.59 Å². The highest BCUT2D eigenvalue weighted by Crippen LogP contribution is 2.11. The van der Waals surface area contributed by atoms with E-state index in [4.69, 9.17) is 4.74 Å². The van der Waals surface area contributed by atoms with Crippen LogP contribution in [0.1, 0.15) is 34.1 Å². The average Bonchev–Trinajstić information content (AvgIpc) is 2.34. The van der Waals surface area contributed by atoms with Gasteiger partial charge in [0.25, 0.3) is 0 Å². The molecule has 1 heterocycles. The van der Waals surface area contributed by atoms with Crippen molar-refractivity contribution in [3.63, 3.8) is 0 Å². The van der Waals surface area contributed by atoms with Crippen molar-refractivity contribution < 1.29 is 14.3 Å². The van der Waals surface area contributed by atoms with E-state index >= 15 is 0 Å². The van der Waals surface area contributed by atoms with Crippen LogP contribution in [0.3, 0.4) is 0 Å². The van der Waals surface area contributed by atoms with E-state index in [1.807, 2.05) is 27.7 Å². The first-order chi connectivity index (χ1) is 8.83. The number of hydrogen-bond acceptors (Lipinski definition) is 3. The quantitative estimate of drug-likeness (QED) is 0.831. The minimum atomic E-state index is -0.479. The summed E-state index contributed by atoms with van der Waals surface area (Å²) in [5, 5.41) is 2.84. The lowest BCUT2D eigenvalue weighted by molar-refractivity contribution is 0.0170. The number of ether oxygens (including phenoxy) is 1. The van der Waals surface area contributed by atoms with Gasteiger partial charge in [0, 0.05) is 32.7 Å². The van der Waals surface area contributed by atoms with Crippen molar-refractivity contribution in [3.05, 3.63) is 0 Å². The van der Waals surface area contributed by atoms with Crippen molar-refractivity contribution in [2.24, 2.45) is 0 Å². The van der Waals surface area contributed by atoms with Gasteiger partial charge in [0.2, 0.25) is 0 Å². The van der Waals surface area contributed by atoms with Crippen molar-refractivity contribution >= 4 is 12.1 Å². The van der Waals surface area contributed by atoms with E-state index in [-0.39, 0.29) is 12.1 Å². The fraction of sp³-hybridized carbons (Fsp3) is 0.846. The second-order valence-corrected chi connectivity index (χ2v) is 5.69. The zero-order valence-electron chi connectivity index (χ0n) is 12.4. The fourth-order valence-corrected chi connectivity index (χ4v) is 1.76. The van der Waals surface area contributed by atoms with Crippen LogP contribution < -0.4 is 5.32 Å². The molecule has 0 bridgehead atoms. The molecule has 0 aromatic rings. The Kier molecular flexibility index (Phi) is 5.44. The van der Waals surface area contributed by atoms with E-state index in [1.165, 1.54) is 0 Å². The van der Waals surface area contributed by atoms with E-state index < -0.39 is 5.60 Å². The number of rotatable bonds is 2. The van der Waals surface area contributed by atoms with Crippen molar-refractivity contribution in [2.75, 3.05) is 32.7 Å². The van der Waals surface area contributed by atoms with Gasteiger partial charge in [-0.2, -0.15) is 0 Å². The summed E-state index contributed by atoms with van der Waals surface area (Å²) in [5.74, 6) is 0. The highest BCUT2D eigenvalue weighted by molar-refractivity contribution is 5.75. The Labute approximate surface area is 115 Å². The van der Waals surface area contributed by atoms with Crippen molar-refractivity contribution in [2.45, 2.75) is 39.7 Å². The highest BCUT2D eigenvalue weighted by Gasteiger charge is 2.27. The number of urea groups is 1. The van der Waals surface area contributed by atoms with Crippen molar-refractivity contribution in [1.82, 2.24) is 15.1 Å². The first-order valence-corrected chi connectivity index (χ1v) is 6.84. The molecule has 110 valence electrons. The predicted molar refractivity (Wildman–Crippen MR) is 73.1 cm³/mol. The summed E-state index contributed by atoms with van der Waals surface area (Å²) >= 11 is 0. The summed E-state index contributed by atoms with van der Waals surface area (Å²) in [6.45, 7) is 10.4. The monoisotopic (exact) mass is 271 g/mol. The Morgan fingerprint density at radius 2 is 1.63 bits per heavy atom. The van der Waals surface area contributed by atoms with Crippen LogP contribution in [0.25, 0.3) is 0 Å². The molecule has 0 atom stereocenters. The van der Waals surface area contributed by atoms with E-state index in [2.05, 4.69) is 5.32 Å². The molecule has 6 heteroatoms. The van der Waals surface area contributed by atoms with Crippen LogP contribution >= 0.6 is 0 Å². The van der Waals surface area contributed by atoms with Crippen LogP contribution in [0.15, 0.2) is 0 Å². The predicted octanol–water partition coefficient (Wildman–Crippen LogP) is 1.66. The number of nitrogens with one attached hydrogen (secondary N) is 1. The molecule has 0 aromatic heterocycles. The van der Waals surface area contributed by atoms with Gasteiger partial charge in [0.05, 0.1) is 0 Å². The number of carbonyl (C=O) groups is 2. The van der Waals surface area contributed by atoms with Gasteiger partial charge in [-0.05, 0) is 27.2 Å². The molecule has 0 radical (unpaired) electrons. The average molecular weight is 271 g/mol. The first kappa shape index (κ1) is 15.6. The van der Waals surface area contributed by atoms with Gasteiger partial charge in [0.15, 0.2) is 0 Å².